The average Bonchev–Trinajstić information content (AvgIpc) is 3.40. The van der Waals surface area contributed by atoms with Crippen molar-refractivity contribution >= 4 is 11.9 Å². The van der Waals surface area contributed by atoms with Gasteiger partial charge in [-0.1, -0.05) is 11.8 Å². The summed E-state index contributed by atoms with van der Waals surface area (Å²) in [5.74, 6) is 9.01. The predicted octanol–water partition coefficient (Wildman–Crippen LogP) is 1.65. The molecule has 7 heteroatoms. The fourth-order valence-electron chi connectivity index (χ4n) is 1.97. The Morgan fingerprint density at radius 3 is 2.35 bits per heavy atom. The molecule has 5 nitrogen and oxygen atoms in total. The molecule has 2 rings (SSSR count). The Kier molecular flexibility index (Phi) is 5.97. The monoisotopic (exact) mass is 361 g/mol. The summed E-state index contributed by atoms with van der Waals surface area (Å²) in [5.41, 5.74) is -2.26. The van der Waals surface area contributed by atoms with Crippen molar-refractivity contribution in [3.05, 3.63) is 35.4 Å². The number of aliphatic hydroxyl groups is 1. The molecule has 1 saturated carbocycles. The van der Waals surface area contributed by atoms with E-state index in [1.54, 1.807) is 0 Å². The van der Waals surface area contributed by atoms with Crippen molar-refractivity contribution in [2.45, 2.75) is 37.8 Å². The molecule has 0 heterocycles. The fraction of sp³-hybridized carbons (Fsp3) is 0.368. The van der Waals surface area contributed by atoms with Crippen LogP contribution in [-0.4, -0.2) is 40.2 Å². The number of nitrogens with one attached hydrogen (secondary N) is 1. The van der Waals surface area contributed by atoms with Gasteiger partial charge in [0.15, 0.2) is 11.6 Å². The quantitative estimate of drug-likeness (QED) is 0.696. The number of carboxylic acid groups (broad SMARTS) is 1. The van der Waals surface area contributed by atoms with Gasteiger partial charge in [-0.3, -0.25) is 4.79 Å². The van der Waals surface area contributed by atoms with E-state index in [2.05, 4.69) is 23.7 Å². The van der Waals surface area contributed by atoms with E-state index in [9.17, 15) is 23.5 Å². The normalized spacial score (nSPS) is 16.3. The van der Waals surface area contributed by atoms with Gasteiger partial charge in [-0.05, 0) is 55.9 Å². The first-order chi connectivity index (χ1) is 12.2. The third-order valence-corrected chi connectivity index (χ3v) is 3.82. The van der Waals surface area contributed by atoms with Gasteiger partial charge in [0.2, 0.25) is 0 Å². The van der Waals surface area contributed by atoms with Crippen LogP contribution < -0.4 is 5.32 Å². The van der Waals surface area contributed by atoms with E-state index in [-0.39, 0.29) is 5.56 Å². The van der Waals surface area contributed by atoms with E-state index in [1.165, 1.54) is 24.3 Å². The molecule has 3 N–H and O–H groups in total. The highest BCUT2D eigenvalue weighted by Gasteiger charge is 2.46. The van der Waals surface area contributed by atoms with Crippen LogP contribution in [0.3, 0.4) is 0 Å². The van der Waals surface area contributed by atoms with Crippen molar-refractivity contribution < 1.29 is 28.6 Å². The lowest BCUT2D eigenvalue weighted by atomic mass is 9.96. The summed E-state index contributed by atoms with van der Waals surface area (Å²) < 4.78 is 25.7. The third kappa shape index (κ3) is 5.05. The van der Waals surface area contributed by atoms with Crippen LogP contribution in [0.5, 0.6) is 0 Å². The number of carbonyl (C=O) groups excluding carboxylic acids is 1. The van der Waals surface area contributed by atoms with E-state index < -0.39 is 29.9 Å². The molecule has 1 aromatic carbocycles. The minimum Gasteiger partial charge on any atom is -0.480 e. The van der Waals surface area contributed by atoms with E-state index in [0.29, 0.717) is 18.4 Å². The van der Waals surface area contributed by atoms with Crippen molar-refractivity contribution in [1.29, 1.82) is 0 Å². The van der Waals surface area contributed by atoms with Gasteiger partial charge in [-0.25, -0.2) is 13.6 Å². The van der Waals surface area contributed by atoms with Gasteiger partial charge < -0.3 is 15.5 Å². The topological polar surface area (TPSA) is 86.6 Å². The highest BCUT2D eigenvalue weighted by molar-refractivity contribution is 5.97. The summed E-state index contributed by atoms with van der Waals surface area (Å²) in [4.78, 5) is 23.2. The molecule has 0 spiro atoms. The van der Waals surface area contributed by atoms with E-state index in [1.807, 2.05) is 5.32 Å². The lowest BCUT2D eigenvalue weighted by Gasteiger charge is -2.29. The molecule has 0 bridgehead atoms. The zero-order chi connectivity index (χ0) is 19.3. The Bertz CT molecular complexity index is 806. The van der Waals surface area contributed by atoms with Gasteiger partial charge in [-0.2, -0.15) is 0 Å². The largest absolute Gasteiger partial charge is 0.480 e. The van der Waals surface area contributed by atoms with Crippen LogP contribution in [0, 0.1) is 29.6 Å². The Morgan fingerprint density at radius 1 is 1.23 bits per heavy atom. The van der Waals surface area contributed by atoms with E-state index in [0.717, 1.165) is 12.8 Å². The molecule has 1 aromatic rings. The number of aliphatic carboxylic acids is 1. The van der Waals surface area contributed by atoms with Gasteiger partial charge in [0.05, 0.1) is 0 Å². The Morgan fingerprint density at radius 2 is 1.85 bits per heavy atom. The number of amides is 1. The maximum Gasteiger partial charge on any atom is 0.329 e. The van der Waals surface area contributed by atoms with Gasteiger partial charge in [-0.15, -0.1) is 0 Å². The smallest absolute Gasteiger partial charge is 0.329 e. The first-order valence-electron chi connectivity index (χ1n) is 7.87. The molecule has 2 atom stereocenters. The fourth-order valence-corrected chi connectivity index (χ4v) is 1.97. The standard InChI is InChI=1S/C19H17F2NO4/c1-19(26,18(20)21)15(17(24)25)22-16(23)14-10-8-13(9-11-14)5-3-2-4-12-6-7-12/h8-12,15,18,26H,6-7H2,1H3,(H,22,23)(H,24,25)/t15-,19+/m1/s1. The van der Waals surface area contributed by atoms with Gasteiger partial charge in [0, 0.05) is 17.0 Å². The molecular formula is C19H17F2NO4. The first kappa shape index (κ1) is 19.4. The van der Waals surface area contributed by atoms with E-state index >= 15 is 0 Å². The number of rotatable bonds is 5. The van der Waals surface area contributed by atoms with Crippen LogP contribution in [0.25, 0.3) is 0 Å². The van der Waals surface area contributed by atoms with Gasteiger partial charge in [0.25, 0.3) is 12.3 Å². The number of carbonyl (C=O) groups is 2. The second-order valence-corrected chi connectivity index (χ2v) is 6.14. The van der Waals surface area contributed by atoms with Crippen LogP contribution in [0.15, 0.2) is 24.3 Å². The molecule has 0 saturated heterocycles. The lowest BCUT2D eigenvalue weighted by molar-refractivity contribution is -0.157. The second kappa shape index (κ2) is 7.99. The molecular weight excluding hydrogens is 344 g/mol. The minimum atomic E-state index is -3.35. The zero-order valence-corrected chi connectivity index (χ0v) is 13.9. The maximum absolute atomic E-state index is 12.8. The first-order valence-corrected chi connectivity index (χ1v) is 7.87. The van der Waals surface area contributed by atoms with Crippen molar-refractivity contribution in [3.8, 4) is 23.7 Å². The summed E-state index contributed by atoms with van der Waals surface area (Å²) in [6.07, 6.45) is -1.14. The highest BCUT2D eigenvalue weighted by Crippen LogP contribution is 2.27. The summed E-state index contributed by atoms with van der Waals surface area (Å²) in [5, 5.41) is 20.6. The molecule has 0 radical (unpaired) electrons. The molecule has 0 aromatic heterocycles. The van der Waals surface area contributed by atoms with Crippen LogP contribution >= 0.6 is 0 Å². The minimum absolute atomic E-state index is 0.0518. The molecule has 1 fully saturated rings. The van der Waals surface area contributed by atoms with Crippen LogP contribution in [-0.2, 0) is 4.79 Å². The average molecular weight is 361 g/mol. The summed E-state index contributed by atoms with van der Waals surface area (Å²) >= 11 is 0. The van der Waals surface area contributed by atoms with Crippen LogP contribution in [0.4, 0.5) is 8.78 Å². The molecule has 1 amide bonds. The predicted molar refractivity (Wildman–Crippen MR) is 89.3 cm³/mol. The number of benzene rings is 1. The number of alkyl halides is 2. The molecule has 1 aliphatic rings. The Labute approximate surface area is 149 Å². The second-order valence-electron chi connectivity index (χ2n) is 6.14. The summed E-state index contributed by atoms with van der Waals surface area (Å²) in [6, 6.07) is 3.66. The van der Waals surface area contributed by atoms with Crippen LogP contribution in [0.2, 0.25) is 0 Å². The molecule has 1 aliphatic carbocycles. The molecule has 136 valence electrons. The Balaban J connectivity index is 2.06. The van der Waals surface area contributed by atoms with Crippen molar-refractivity contribution in [2.24, 2.45) is 5.92 Å². The zero-order valence-electron chi connectivity index (χ0n) is 13.9. The van der Waals surface area contributed by atoms with E-state index in [4.69, 9.17) is 5.11 Å². The summed E-state index contributed by atoms with van der Waals surface area (Å²) in [7, 11) is 0. The van der Waals surface area contributed by atoms with Crippen molar-refractivity contribution in [2.75, 3.05) is 0 Å². The maximum atomic E-state index is 12.8. The number of hydrogen-bond donors (Lipinski definition) is 3. The van der Waals surface area contributed by atoms with Crippen molar-refractivity contribution in [3.63, 3.8) is 0 Å². The Hall–Kier alpha value is -2.90. The highest BCUT2D eigenvalue weighted by atomic mass is 19.3. The molecule has 0 aliphatic heterocycles. The molecule has 0 unspecified atom stereocenters. The molecule has 26 heavy (non-hydrogen) atoms. The van der Waals surface area contributed by atoms with Gasteiger partial charge in [0.1, 0.15) is 0 Å². The number of hydrogen-bond acceptors (Lipinski definition) is 3. The third-order valence-electron chi connectivity index (χ3n) is 3.82. The summed E-state index contributed by atoms with van der Waals surface area (Å²) in [6.45, 7) is 0.651. The lowest BCUT2D eigenvalue weighted by Crippen LogP contribution is -2.59. The number of carboxylic acids is 1. The van der Waals surface area contributed by atoms with Crippen molar-refractivity contribution in [1.82, 2.24) is 5.32 Å². The van der Waals surface area contributed by atoms with Crippen LogP contribution in [0.1, 0.15) is 35.7 Å². The SMILES string of the molecule is C[C@@](O)(C(F)F)[C@H](NC(=O)c1ccc(C#CC#CC2CC2)cc1)C(=O)O. The van der Waals surface area contributed by atoms with Gasteiger partial charge >= 0.3 is 5.97 Å². The number of halogens is 2.